The Labute approximate surface area is 429 Å². The van der Waals surface area contributed by atoms with Crippen molar-refractivity contribution in [3.63, 3.8) is 0 Å². The lowest BCUT2D eigenvalue weighted by atomic mass is 9.51. The second-order valence-electron chi connectivity index (χ2n) is 19.6. The molecule has 4 heterocycles. The van der Waals surface area contributed by atoms with Crippen LogP contribution in [-0.4, -0.2) is 162 Å². The summed E-state index contributed by atoms with van der Waals surface area (Å²) in [7, 11) is -1.58. The van der Waals surface area contributed by atoms with E-state index in [1.165, 1.54) is 42.1 Å². The number of benzene rings is 2. The molecule has 0 bridgehead atoms. The number of Topliss-reactive ketones (excluding diaryl/α,β-unsaturated/α-hetero) is 2. The number of ketones is 2. The smallest absolute Gasteiger partial charge is 0.587 e. The highest BCUT2D eigenvalue weighted by Crippen LogP contribution is 2.47. The number of quaternary nitrogens is 1. The van der Waals surface area contributed by atoms with Crippen LogP contribution in [0.25, 0.3) is 0 Å². The number of aromatic nitrogens is 4. The summed E-state index contributed by atoms with van der Waals surface area (Å²) in [6, 6.07) is 16.6. The molecule has 2 aliphatic rings. The predicted molar refractivity (Wildman–Crippen MR) is 267 cm³/mol. The molecule has 24 heteroatoms. The number of carboxylic acids is 2. The van der Waals surface area contributed by atoms with E-state index in [0.717, 1.165) is 11.1 Å². The van der Waals surface area contributed by atoms with Crippen LogP contribution in [0.4, 0.5) is 0 Å². The normalized spacial score (nSPS) is 18.4. The number of rotatable bonds is 27. The summed E-state index contributed by atoms with van der Waals surface area (Å²) in [5.41, 5.74) is 1.82. The largest absolute Gasteiger partial charge is 0.600 e. The Kier molecular flexibility index (Phi) is 21.1. The maximum atomic E-state index is 14.2. The molecule has 74 heavy (non-hydrogen) atoms. The lowest BCUT2D eigenvalue weighted by molar-refractivity contribution is -0.816. The molecule has 0 unspecified atom stereocenters. The van der Waals surface area contributed by atoms with E-state index in [0.29, 0.717) is 19.3 Å². The van der Waals surface area contributed by atoms with Gasteiger partial charge in [-0.25, -0.2) is 9.97 Å². The van der Waals surface area contributed by atoms with Gasteiger partial charge in [0.2, 0.25) is 0 Å². The van der Waals surface area contributed by atoms with E-state index in [1.807, 2.05) is 88.4 Å². The minimum absolute atomic E-state index is 0.0207. The van der Waals surface area contributed by atoms with E-state index >= 15 is 0 Å². The summed E-state index contributed by atoms with van der Waals surface area (Å²) in [6.07, 6.45) is 9.28. The molecule has 0 aliphatic carbocycles. The van der Waals surface area contributed by atoms with Crippen molar-refractivity contribution in [3.05, 3.63) is 120 Å². The molecule has 2 saturated heterocycles. The van der Waals surface area contributed by atoms with E-state index in [9.17, 15) is 58.6 Å². The molecule has 6 N–H and O–H groups in total. The lowest BCUT2D eigenvalue weighted by Crippen LogP contribution is -2.67. The summed E-state index contributed by atoms with van der Waals surface area (Å²) in [5.74, 6) is -6.70. The first kappa shape index (κ1) is 57.6. The van der Waals surface area contributed by atoms with Gasteiger partial charge in [-0.3, -0.25) is 53.2 Å². The number of carbonyl (C=O) groups is 8. The van der Waals surface area contributed by atoms with Crippen molar-refractivity contribution in [1.29, 1.82) is 0 Å². The molecule has 0 spiro atoms. The molecule has 2 aromatic heterocycles. The van der Waals surface area contributed by atoms with Gasteiger partial charge in [-0.15, -0.1) is 0 Å². The number of carbonyl (C=O) groups excluding carboxylic acids is 6. The Morgan fingerprint density at radius 3 is 1.51 bits per heavy atom. The second kappa shape index (κ2) is 27.1. The van der Waals surface area contributed by atoms with Crippen LogP contribution in [0.2, 0.25) is 11.6 Å². The maximum Gasteiger partial charge on any atom is 0.587 e. The molecular weight excluding hydrogens is 958 g/mol. The quantitative estimate of drug-likeness (QED) is 0.0466. The van der Waals surface area contributed by atoms with Crippen LogP contribution in [-0.2, 0) is 50.9 Å². The number of nitrogens with zero attached hydrogens (tertiary/aromatic N) is 6. The molecular formula is C50H64B2N8O14. The fraction of sp³-hybridized carbons (Fsp3) is 0.440. The van der Waals surface area contributed by atoms with Gasteiger partial charge in [0.1, 0.15) is 24.5 Å². The summed E-state index contributed by atoms with van der Waals surface area (Å²) in [4.78, 5) is 118. The van der Waals surface area contributed by atoms with E-state index < -0.39 is 86.3 Å². The minimum atomic E-state index is -2.83. The van der Waals surface area contributed by atoms with Crippen molar-refractivity contribution >= 4 is 61.1 Å². The van der Waals surface area contributed by atoms with Crippen LogP contribution in [0.3, 0.4) is 0 Å². The van der Waals surface area contributed by atoms with Gasteiger partial charge in [-0.1, -0.05) is 94.8 Å². The summed E-state index contributed by atoms with van der Waals surface area (Å²) >= 11 is 0. The van der Waals surface area contributed by atoms with E-state index in [1.54, 1.807) is 0 Å². The topological polar surface area (TPSA) is 315 Å². The number of fused-ring (bicyclic) bond motifs is 1. The average Bonchev–Trinajstić information content (AvgIpc) is 3.78. The Bertz CT molecular complexity index is 2510. The maximum absolute atomic E-state index is 14.2. The number of aliphatic carboxylic acids is 2. The van der Waals surface area contributed by atoms with Crippen LogP contribution in [0.15, 0.2) is 97.8 Å². The first-order chi connectivity index (χ1) is 35.2. The van der Waals surface area contributed by atoms with Crippen molar-refractivity contribution in [1.82, 2.24) is 35.5 Å². The molecule has 4 atom stereocenters. The van der Waals surface area contributed by atoms with Gasteiger partial charge >= 0.3 is 37.7 Å². The van der Waals surface area contributed by atoms with E-state index in [2.05, 4.69) is 30.6 Å². The van der Waals surface area contributed by atoms with Gasteiger partial charge in [-0.2, -0.15) is 0 Å². The summed E-state index contributed by atoms with van der Waals surface area (Å²) in [5, 5.41) is 43.4. The zero-order valence-corrected chi connectivity index (χ0v) is 41.9. The zero-order chi connectivity index (χ0) is 54.0. The van der Waals surface area contributed by atoms with Crippen molar-refractivity contribution in [3.8, 4) is 0 Å². The van der Waals surface area contributed by atoms with Gasteiger partial charge in [0.15, 0.2) is 11.6 Å². The van der Waals surface area contributed by atoms with Crippen LogP contribution in [0.1, 0.15) is 85.5 Å². The first-order valence-corrected chi connectivity index (χ1v) is 24.4. The summed E-state index contributed by atoms with van der Waals surface area (Å²) in [6.45, 7) is 3.10. The monoisotopic (exact) mass is 1020 g/mol. The van der Waals surface area contributed by atoms with Gasteiger partial charge in [0.25, 0.3) is 11.8 Å². The lowest BCUT2D eigenvalue weighted by Gasteiger charge is -2.48. The van der Waals surface area contributed by atoms with Crippen LogP contribution < -0.4 is 10.6 Å². The van der Waals surface area contributed by atoms with Crippen molar-refractivity contribution in [2.45, 2.75) is 89.9 Å². The van der Waals surface area contributed by atoms with Crippen molar-refractivity contribution in [2.75, 3.05) is 39.3 Å². The van der Waals surface area contributed by atoms with Crippen molar-refractivity contribution in [2.24, 2.45) is 11.8 Å². The van der Waals surface area contributed by atoms with Crippen LogP contribution >= 0.6 is 0 Å². The molecule has 4 aromatic rings. The minimum Gasteiger partial charge on any atom is -0.600 e. The highest BCUT2D eigenvalue weighted by Gasteiger charge is 2.70. The molecule has 2 fully saturated rings. The third-order valence-electron chi connectivity index (χ3n) is 12.9. The van der Waals surface area contributed by atoms with Gasteiger partial charge in [-0.05, 0) is 54.5 Å². The average molecular weight is 1020 g/mol. The fourth-order valence-corrected chi connectivity index (χ4v) is 9.65. The summed E-state index contributed by atoms with van der Waals surface area (Å²) < 4.78 is 11.5. The van der Waals surface area contributed by atoms with Crippen LogP contribution in [0.5, 0.6) is 0 Å². The zero-order valence-electron chi connectivity index (χ0n) is 41.9. The van der Waals surface area contributed by atoms with Gasteiger partial charge in [0.05, 0.1) is 44.1 Å². The Hall–Kier alpha value is -7.27. The number of hydrogen-bond acceptors (Lipinski definition) is 17. The molecule has 394 valence electrons. The Balaban J connectivity index is 0.000000309. The molecule has 22 nitrogen and oxygen atoms in total. The van der Waals surface area contributed by atoms with Crippen LogP contribution in [0, 0.1) is 11.8 Å². The number of nitrogens with one attached hydrogen (secondary N) is 2. The molecule has 2 aromatic carbocycles. The molecule has 6 rings (SSSR count). The SMILES string of the molecule is CC(C)C[C@H](CC(=O)[C@H](Cc1ccccc1)NC(=O)c1cnccn1)B(O)O.CC(C)C[C@H](CC(=O)[C@H](Cc1ccccc1)NC(=O)c1cnccn1)[B-]12OC(=O)C[N+]1(CCN(CC(=O)O)CC(=O)O)CC(=O)O2. The standard InChI is InChI=1S/C30H38BN5O10.C20H26BN3O4/c1-20(2)12-22(14-25(37)23(13-21-6-4-3-5-7-21)34-30(44)24-15-32-8-9-33-24)31-36(18-28(42)45-31,19-29(43)46-31)11-10-35(16-26(38)39)17-27(40)41;1-14(2)10-16(21(27)28)12-19(25)17(11-15-6-4-3-5-7-15)24-20(26)18-13-22-8-9-23-18/h3-9,15,20,22-23H,10-14,16-19H2,1-2H3,(H,34,44)(H,38,39)(H,40,41);3-9,13-14,16-17,27-28H,10-12H2,1-2H3,(H,24,26)/t22-,23+,31?,36?;16-,17+/m11/s1. The van der Waals surface area contributed by atoms with Crippen molar-refractivity contribution < 1.29 is 72.3 Å². The third kappa shape index (κ3) is 16.6. The Morgan fingerprint density at radius 1 is 0.676 bits per heavy atom. The molecule has 2 amide bonds. The van der Waals surface area contributed by atoms with Gasteiger partial charge < -0.3 is 44.6 Å². The number of amides is 2. The molecule has 0 radical (unpaired) electrons. The van der Waals surface area contributed by atoms with Gasteiger partial charge in [0, 0.05) is 43.6 Å². The second-order valence-corrected chi connectivity index (χ2v) is 19.6. The third-order valence-corrected chi connectivity index (χ3v) is 12.9. The highest BCUT2D eigenvalue weighted by molar-refractivity contribution is 6.67. The molecule has 0 saturated carbocycles. The molecule has 2 aliphatic heterocycles. The van der Waals surface area contributed by atoms with E-state index in [4.69, 9.17) is 9.31 Å². The number of carboxylic acid groups (broad SMARTS) is 2. The highest BCUT2D eigenvalue weighted by atomic mass is 16.7. The number of hydrogen-bond donors (Lipinski definition) is 6. The van der Waals surface area contributed by atoms with E-state index in [-0.39, 0.29) is 84.6 Å². The predicted octanol–water partition coefficient (Wildman–Crippen LogP) is 2.20. The fourth-order valence-electron chi connectivity index (χ4n) is 9.65. The first-order valence-electron chi connectivity index (χ1n) is 24.4. The Morgan fingerprint density at radius 2 is 1.12 bits per heavy atom.